The Morgan fingerprint density at radius 2 is 1.77 bits per heavy atom. The summed E-state index contributed by atoms with van der Waals surface area (Å²) in [5.41, 5.74) is 0.131. The lowest BCUT2D eigenvalue weighted by molar-refractivity contribution is -0.138. The van der Waals surface area contributed by atoms with Crippen LogP contribution in [0.4, 0.5) is 0 Å². The number of carbonyl (C=O) groups excluding carboxylic acids is 2. The first-order chi connectivity index (χ1) is 19.1. The number of allylic oxidation sites excluding steroid dienone is 2. The lowest BCUT2D eigenvalue weighted by Gasteiger charge is -2.49. The Morgan fingerprint density at radius 1 is 1.05 bits per heavy atom. The number of alkyl halides is 3. The summed E-state index contributed by atoms with van der Waals surface area (Å²) in [4.78, 5) is 51.8. The molecule has 2 aliphatic heterocycles. The molecule has 13 heteroatoms. The average Bonchev–Trinajstić information content (AvgIpc) is 3.28. The molecule has 40 heavy (non-hydrogen) atoms. The zero-order chi connectivity index (χ0) is 28.6. The lowest BCUT2D eigenvalue weighted by Crippen LogP contribution is -2.59. The van der Waals surface area contributed by atoms with Crippen LogP contribution in [0, 0.1) is 0 Å². The maximum atomic E-state index is 13.8. The molecule has 1 saturated heterocycles. The highest BCUT2D eigenvalue weighted by atomic mass is 79.9. The van der Waals surface area contributed by atoms with Gasteiger partial charge in [-0.2, -0.15) is 0 Å². The van der Waals surface area contributed by atoms with E-state index in [1.807, 2.05) is 0 Å². The zero-order valence-corrected chi connectivity index (χ0v) is 24.2. The predicted molar refractivity (Wildman–Crippen MR) is 151 cm³/mol. The molecule has 3 aliphatic rings. The van der Waals surface area contributed by atoms with Crippen LogP contribution in [0.2, 0.25) is 0 Å². The Bertz CT molecular complexity index is 1720. The average molecular weight is 650 g/mol. The smallest absolute Gasteiger partial charge is 0.352 e. The number of aromatic hydroxyl groups is 1. The molecule has 0 unspecified atom stereocenters. The number of hydrogen-bond acceptors (Lipinski definition) is 6. The summed E-state index contributed by atoms with van der Waals surface area (Å²) >= 11 is 17.6. The fraction of sp³-hybridized carbons (Fsp3) is 0.333. The van der Waals surface area contributed by atoms with Gasteiger partial charge in [0.15, 0.2) is 21.2 Å². The minimum absolute atomic E-state index is 0.0270. The summed E-state index contributed by atoms with van der Waals surface area (Å²) in [5, 5.41) is 10.4. The Kier molecular flexibility index (Phi) is 6.32. The second-order valence-electron chi connectivity index (χ2n) is 9.85. The topological polar surface area (TPSA) is 116 Å². The van der Waals surface area contributed by atoms with Gasteiger partial charge in [-0.3, -0.25) is 14.5 Å². The molecule has 3 heterocycles. The van der Waals surface area contributed by atoms with Gasteiger partial charge >= 0.3 is 11.4 Å². The van der Waals surface area contributed by atoms with Gasteiger partial charge in [-0.15, -0.1) is 23.2 Å². The van der Waals surface area contributed by atoms with Crippen molar-refractivity contribution in [3.05, 3.63) is 86.7 Å². The molecule has 1 aromatic heterocycles. The lowest BCUT2D eigenvalue weighted by atomic mass is 9.64. The van der Waals surface area contributed by atoms with Crippen LogP contribution in [-0.2, 0) is 16.1 Å². The van der Waals surface area contributed by atoms with Crippen LogP contribution in [0.3, 0.4) is 0 Å². The van der Waals surface area contributed by atoms with Crippen molar-refractivity contribution in [2.75, 3.05) is 12.1 Å². The monoisotopic (exact) mass is 648 g/mol. The molecule has 2 aromatic carbocycles. The number of rotatable bonds is 5. The van der Waals surface area contributed by atoms with Gasteiger partial charge in [0.05, 0.1) is 30.3 Å². The molecular formula is C27H23BrCl2N4O6. The molecule has 1 aliphatic carbocycles. The fourth-order valence-electron chi connectivity index (χ4n) is 6.17. The van der Waals surface area contributed by atoms with Crippen molar-refractivity contribution in [1.82, 2.24) is 18.8 Å². The number of para-hydroxylation sites is 1. The summed E-state index contributed by atoms with van der Waals surface area (Å²) in [7, 11) is 0. The Morgan fingerprint density at radius 3 is 2.45 bits per heavy atom. The van der Waals surface area contributed by atoms with E-state index in [4.69, 9.17) is 27.9 Å². The van der Waals surface area contributed by atoms with Gasteiger partial charge in [0.25, 0.3) is 11.8 Å². The summed E-state index contributed by atoms with van der Waals surface area (Å²) in [6.45, 7) is 2.05. The van der Waals surface area contributed by atoms with Crippen molar-refractivity contribution < 1.29 is 19.4 Å². The predicted octanol–water partition coefficient (Wildman–Crippen LogP) is 3.25. The van der Waals surface area contributed by atoms with Gasteiger partial charge in [-0.25, -0.2) is 23.5 Å². The van der Waals surface area contributed by atoms with Crippen LogP contribution in [0.15, 0.2) is 69.8 Å². The molecule has 208 valence electrons. The van der Waals surface area contributed by atoms with Crippen LogP contribution >= 0.6 is 39.1 Å². The van der Waals surface area contributed by atoms with E-state index in [1.165, 1.54) is 15.4 Å². The van der Waals surface area contributed by atoms with Crippen LogP contribution in [0.25, 0.3) is 5.69 Å². The Balaban J connectivity index is 1.61. The van der Waals surface area contributed by atoms with Gasteiger partial charge in [0, 0.05) is 12.3 Å². The summed E-state index contributed by atoms with van der Waals surface area (Å²) in [6, 6.07) is 12.2. The number of benzene rings is 2. The van der Waals surface area contributed by atoms with Gasteiger partial charge in [-0.05, 0) is 42.3 Å². The molecule has 0 spiro atoms. The highest BCUT2D eigenvalue weighted by Crippen LogP contribution is 2.63. The largest absolute Gasteiger partial charge is 0.504 e. The van der Waals surface area contributed by atoms with Gasteiger partial charge in [0.2, 0.25) is 0 Å². The van der Waals surface area contributed by atoms with E-state index >= 15 is 0 Å². The van der Waals surface area contributed by atoms with E-state index < -0.39 is 44.9 Å². The van der Waals surface area contributed by atoms with E-state index in [2.05, 4.69) is 15.9 Å². The quantitative estimate of drug-likeness (QED) is 0.196. The Labute approximate surface area is 246 Å². The van der Waals surface area contributed by atoms with E-state index in [0.29, 0.717) is 16.8 Å². The molecule has 4 atom stereocenters. The molecule has 2 fully saturated rings. The molecule has 10 nitrogen and oxygen atoms in total. The van der Waals surface area contributed by atoms with Crippen molar-refractivity contribution in [3.8, 4) is 17.2 Å². The SMILES string of the molecule is CCOc1cc([C@H]2C3=CCn4c(=O)n(-c5ccccc5)c(=O)n4[C@@H]3C[C@@]3(Cl)C(=O)N(CBr)C(=O)[C@@]23Cl)ccc1O. The third-order valence-electron chi connectivity index (χ3n) is 7.91. The molecule has 0 radical (unpaired) electrons. The van der Waals surface area contributed by atoms with E-state index in [0.717, 1.165) is 9.47 Å². The van der Waals surface area contributed by atoms with Crippen LogP contribution < -0.4 is 16.1 Å². The van der Waals surface area contributed by atoms with E-state index in [9.17, 15) is 24.3 Å². The maximum absolute atomic E-state index is 13.8. The van der Waals surface area contributed by atoms with Crippen LogP contribution in [-0.4, -0.2) is 57.6 Å². The number of likely N-dealkylation sites (tertiary alicyclic amines) is 1. The number of phenolic OH excluding ortho intramolecular Hbond substituents is 1. The highest BCUT2D eigenvalue weighted by molar-refractivity contribution is 9.09. The zero-order valence-electron chi connectivity index (χ0n) is 21.1. The van der Waals surface area contributed by atoms with Gasteiger partial charge in [-0.1, -0.05) is 46.3 Å². The fourth-order valence-corrected chi connectivity index (χ4v) is 7.57. The summed E-state index contributed by atoms with van der Waals surface area (Å²) < 4.78 is 9.25. The third kappa shape index (κ3) is 3.40. The van der Waals surface area contributed by atoms with Crippen molar-refractivity contribution in [2.24, 2.45) is 0 Å². The molecule has 1 saturated carbocycles. The second kappa shape index (κ2) is 9.39. The second-order valence-corrected chi connectivity index (χ2v) is 11.6. The minimum atomic E-state index is -1.96. The summed E-state index contributed by atoms with van der Waals surface area (Å²) in [6.07, 6.45) is 1.55. The number of hydrogen-bond donors (Lipinski definition) is 1. The van der Waals surface area contributed by atoms with Crippen molar-refractivity contribution in [3.63, 3.8) is 0 Å². The standard InChI is InChI=1S/C27H23BrCl2N4O6/c1-2-40-20-12-15(8-9-19(20)35)21-17-10-11-32-24(38)33(16-6-4-3-5-7-16)25(39)34(32)18(17)13-26(29)22(36)31(14-28)23(37)27(21,26)30/h3-10,12,18,21,35H,2,11,13-14H2,1H3/t18-,21+,26-,27+/m1/s1. The van der Waals surface area contributed by atoms with Crippen LogP contribution in [0.5, 0.6) is 11.5 Å². The molecule has 1 N–H and O–H groups in total. The highest BCUT2D eigenvalue weighted by Gasteiger charge is 2.75. The molecular weight excluding hydrogens is 627 g/mol. The van der Waals surface area contributed by atoms with E-state index in [1.54, 1.807) is 55.5 Å². The van der Waals surface area contributed by atoms with Crippen molar-refractivity contribution in [2.45, 2.75) is 41.6 Å². The summed E-state index contributed by atoms with van der Waals surface area (Å²) in [5.74, 6) is -2.33. The third-order valence-corrected chi connectivity index (χ3v) is 9.83. The number of amides is 2. The number of imide groups is 1. The number of aromatic nitrogens is 3. The first-order valence-corrected chi connectivity index (χ1v) is 14.4. The Hall–Kier alpha value is -3.28. The van der Waals surface area contributed by atoms with Crippen molar-refractivity contribution in [1.29, 1.82) is 0 Å². The number of ether oxygens (including phenoxy) is 1. The van der Waals surface area contributed by atoms with E-state index in [-0.39, 0.29) is 36.5 Å². The number of nitrogens with zero attached hydrogens (tertiary/aromatic N) is 4. The number of carbonyl (C=O) groups is 2. The minimum Gasteiger partial charge on any atom is -0.504 e. The van der Waals surface area contributed by atoms with Crippen molar-refractivity contribution >= 4 is 50.9 Å². The normalized spacial score (nSPS) is 27.2. The number of fused-ring (bicyclic) bond motifs is 4. The molecule has 0 bridgehead atoms. The molecule has 2 amide bonds. The van der Waals surface area contributed by atoms with Crippen LogP contribution in [0.1, 0.15) is 30.9 Å². The molecule has 6 rings (SSSR count). The number of halogens is 3. The first-order valence-electron chi connectivity index (χ1n) is 12.6. The van der Waals surface area contributed by atoms with Gasteiger partial charge in [0.1, 0.15) is 0 Å². The maximum Gasteiger partial charge on any atom is 0.352 e. The first kappa shape index (κ1) is 26.9. The molecule has 3 aromatic rings. The number of phenols is 1. The van der Waals surface area contributed by atoms with Gasteiger partial charge < -0.3 is 9.84 Å².